The summed E-state index contributed by atoms with van der Waals surface area (Å²) in [6.07, 6.45) is 1.81. The van der Waals surface area contributed by atoms with Crippen LogP contribution in [0, 0.1) is 0 Å². The van der Waals surface area contributed by atoms with Crippen LogP contribution in [0.15, 0.2) is 5.16 Å². The van der Waals surface area contributed by atoms with Gasteiger partial charge in [-0.15, -0.1) is 5.10 Å². The number of anilines is 1. The molecule has 0 atom stereocenters. The lowest BCUT2D eigenvalue weighted by Crippen LogP contribution is -2.23. The van der Waals surface area contributed by atoms with Gasteiger partial charge in [0.1, 0.15) is 0 Å². The van der Waals surface area contributed by atoms with Crippen LogP contribution in [0.5, 0.6) is 0 Å². The van der Waals surface area contributed by atoms with Crippen molar-refractivity contribution in [2.75, 3.05) is 11.0 Å². The predicted molar refractivity (Wildman–Crippen MR) is 55.8 cm³/mol. The third-order valence-corrected chi connectivity index (χ3v) is 3.77. The zero-order valence-corrected chi connectivity index (χ0v) is 9.74. The second-order valence-electron chi connectivity index (χ2n) is 2.87. The molecular weight excluding hydrogens is 224 g/mol. The Balaban J connectivity index is 2.79. The fraction of sp³-hybridized carbons (Fsp3) is 0.667. The second kappa shape index (κ2) is 4.18. The summed E-state index contributed by atoms with van der Waals surface area (Å²) in [5.41, 5.74) is 0. The first-order chi connectivity index (χ1) is 6.45. The molecule has 0 aliphatic rings. The molecule has 0 aliphatic heterocycles. The number of nitrogens with zero attached hydrogens (tertiary/aromatic N) is 2. The maximum Gasteiger partial charge on any atom is 0.237 e. The van der Waals surface area contributed by atoms with Gasteiger partial charge in [0.15, 0.2) is 0 Å². The van der Waals surface area contributed by atoms with Crippen molar-refractivity contribution in [2.45, 2.75) is 24.3 Å². The highest BCUT2D eigenvalue weighted by Gasteiger charge is 2.17. The van der Waals surface area contributed by atoms with Gasteiger partial charge in [-0.2, -0.15) is 4.98 Å². The number of hydrogen-bond donors (Lipinski definition) is 2. The van der Waals surface area contributed by atoms with Crippen LogP contribution in [0.4, 0.5) is 5.95 Å². The van der Waals surface area contributed by atoms with E-state index < -0.39 is 15.3 Å². The lowest BCUT2D eigenvalue weighted by molar-refractivity contribution is 0.592. The summed E-state index contributed by atoms with van der Waals surface area (Å²) in [5.74, 6) is 0.156. The van der Waals surface area contributed by atoms with Crippen LogP contribution in [0.1, 0.15) is 13.8 Å². The zero-order chi connectivity index (χ0) is 10.8. The van der Waals surface area contributed by atoms with Crippen molar-refractivity contribution in [3.05, 3.63) is 0 Å². The van der Waals surface area contributed by atoms with E-state index in [1.807, 2.05) is 6.26 Å². The Labute approximate surface area is 86.9 Å². The summed E-state index contributed by atoms with van der Waals surface area (Å²) in [7, 11) is -3.34. The molecule has 0 unspecified atom stereocenters. The summed E-state index contributed by atoms with van der Waals surface area (Å²) in [5, 5.41) is 6.28. The molecule has 0 saturated heterocycles. The van der Waals surface area contributed by atoms with E-state index in [9.17, 15) is 8.42 Å². The fourth-order valence-corrected chi connectivity index (χ4v) is 1.55. The maximum absolute atomic E-state index is 11.4. The molecule has 0 saturated carbocycles. The van der Waals surface area contributed by atoms with Gasteiger partial charge in [-0.3, -0.25) is 4.72 Å². The van der Waals surface area contributed by atoms with Crippen LogP contribution in [0.2, 0.25) is 0 Å². The van der Waals surface area contributed by atoms with E-state index in [2.05, 4.69) is 19.9 Å². The molecule has 1 aromatic heterocycles. The Hall–Kier alpha value is -0.760. The number of aromatic amines is 1. The SMILES string of the molecule is CSc1n[nH]c(NS(=O)(=O)C(C)C)n1. The molecule has 0 radical (unpaired) electrons. The third-order valence-electron chi connectivity index (χ3n) is 1.51. The number of hydrogen-bond acceptors (Lipinski definition) is 5. The van der Waals surface area contributed by atoms with Gasteiger partial charge >= 0.3 is 0 Å². The van der Waals surface area contributed by atoms with Gasteiger partial charge in [0, 0.05) is 0 Å². The summed E-state index contributed by atoms with van der Waals surface area (Å²) in [4.78, 5) is 3.90. The van der Waals surface area contributed by atoms with Crippen molar-refractivity contribution >= 4 is 27.7 Å². The molecule has 0 aromatic carbocycles. The Bertz CT molecular complexity index is 398. The quantitative estimate of drug-likeness (QED) is 0.750. The molecule has 2 N–H and O–H groups in total. The molecule has 0 fully saturated rings. The van der Waals surface area contributed by atoms with Gasteiger partial charge in [-0.05, 0) is 20.1 Å². The Morgan fingerprint density at radius 3 is 2.57 bits per heavy atom. The highest BCUT2D eigenvalue weighted by atomic mass is 32.2. The normalized spacial score (nSPS) is 12.0. The van der Waals surface area contributed by atoms with Crippen LogP contribution in [0.3, 0.4) is 0 Å². The predicted octanol–water partition coefficient (Wildman–Crippen LogP) is 0.677. The monoisotopic (exact) mass is 236 g/mol. The summed E-state index contributed by atoms with van der Waals surface area (Å²) in [6.45, 7) is 3.18. The minimum Gasteiger partial charge on any atom is -0.251 e. The van der Waals surface area contributed by atoms with E-state index in [-0.39, 0.29) is 5.95 Å². The Kier molecular flexibility index (Phi) is 3.38. The number of aromatic nitrogens is 3. The van der Waals surface area contributed by atoms with Gasteiger partial charge in [-0.25, -0.2) is 13.5 Å². The average molecular weight is 236 g/mol. The first-order valence-corrected chi connectivity index (χ1v) is 6.71. The van der Waals surface area contributed by atoms with Crippen molar-refractivity contribution in [2.24, 2.45) is 0 Å². The molecule has 8 heteroatoms. The topological polar surface area (TPSA) is 87.7 Å². The zero-order valence-electron chi connectivity index (χ0n) is 8.10. The van der Waals surface area contributed by atoms with Crippen LogP contribution >= 0.6 is 11.8 Å². The van der Waals surface area contributed by atoms with Gasteiger partial charge in [0.2, 0.25) is 21.1 Å². The van der Waals surface area contributed by atoms with Gasteiger partial charge in [-0.1, -0.05) is 11.8 Å². The van der Waals surface area contributed by atoms with E-state index in [0.717, 1.165) is 0 Å². The first-order valence-electron chi connectivity index (χ1n) is 3.93. The molecule has 0 aliphatic carbocycles. The highest BCUT2D eigenvalue weighted by molar-refractivity contribution is 7.98. The number of H-pyrrole nitrogens is 1. The number of thioether (sulfide) groups is 1. The minimum atomic E-state index is -3.34. The molecule has 1 rings (SSSR count). The standard InChI is InChI=1S/C6H12N4O2S2/c1-4(2)14(11,12)10-5-7-6(13-3)9-8-5/h4H,1-3H3,(H2,7,8,9,10). The molecule has 14 heavy (non-hydrogen) atoms. The molecule has 0 bridgehead atoms. The third kappa shape index (κ3) is 2.61. The molecule has 6 nitrogen and oxygen atoms in total. The molecular formula is C6H12N4O2S2. The number of sulfonamides is 1. The molecule has 80 valence electrons. The van der Waals surface area contributed by atoms with E-state index in [4.69, 9.17) is 0 Å². The largest absolute Gasteiger partial charge is 0.251 e. The molecule has 0 amide bonds. The van der Waals surface area contributed by atoms with Crippen molar-refractivity contribution in [3.8, 4) is 0 Å². The first kappa shape index (κ1) is 11.3. The maximum atomic E-state index is 11.4. The Morgan fingerprint density at radius 2 is 2.14 bits per heavy atom. The lowest BCUT2D eigenvalue weighted by atomic mass is 10.6. The molecule has 0 spiro atoms. The minimum absolute atomic E-state index is 0.156. The van der Waals surface area contributed by atoms with E-state index in [1.165, 1.54) is 11.8 Å². The van der Waals surface area contributed by atoms with E-state index >= 15 is 0 Å². The van der Waals surface area contributed by atoms with Gasteiger partial charge in [0.05, 0.1) is 5.25 Å². The van der Waals surface area contributed by atoms with Crippen molar-refractivity contribution in [1.29, 1.82) is 0 Å². The van der Waals surface area contributed by atoms with E-state index in [1.54, 1.807) is 13.8 Å². The lowest BCUT2D eigenvalue weighted by Gasteiger charge is -2.06. The summed E-state index contributed by atoms with van der Waals surface area (Å²) >= 11 is 1.34. The van der Waals surface area contributed by atoms with Gasteiger partial charge in [0.25, 0.3) is 0 Å². The van der Waals surface area contributed by atoms with Gasteiger partial charge < -0.3 is 0 Å². The molecule has 1 heterocycles. The van der Waals surface area contributed by atoms with Crippen LogP contribution < -0.4 is 4.72 Å². The smallest absolute Gasteiger partial charge is 0.237 e. The van der Waals surface area contributed by atoms with Crippen LogP contribution in [-0.2, 0) is 10.0 Å². The summed E-state index contributed by atoms with van der Waals surface area (Å²) in [6, 6.07) is 0. The number of rotatable bonds is 4. The highest BCUT2D eigenvalue weighted by Crippen LogP contribution is 2.11. The van der Waals surface area contributed by atoms with Crippen LogP contribution in [-0.4, -0.2) is 35.1 Å². The summed E-state index contributed by atoms with van der Waals surface area (Å²) < 4.78 is 25.1. The van der Waals surface area contributed by atoms with E-state index in [0.29, 0.717) is 5.16 Å². The number of nitrogens with one attached hydrogen (secondary N) is 2. The van der Waals surface area contributed by atoms with Crippen molar-refractivity contribution in [1.82, 2.24) is 15.2 Å². The van der Waals surface area contributed by atoms with Crippen molar-refractivity contribution < 1.29 is 8.42 Å². The average Bonchev–Trinajstić information content (AvgIpc) is 2.51. The van der Waals surface area contributed by atoms with Crippen LogP contribution in [0.25, 0.3) is 0 Å². The Morgan fingerprint density at radius 1 is 1.50 bits per heavy atom. The molecule has 1 aromatic rings. The fourth-order valence-electron chi connectivity index (χ4n) is 0.636. The second-order valence-corrected chi connectivity index (χ2v) is 5.88. The van der Waals surface area contributed by atoms with Crippen molar-refractivity contribution in [3.63, 3.8) is 0 Å².